The Hall–Kier alpha value is -3.76. The highest BCUT2D eigenvalue weighted by Gasteiger charge is 2.40. The fourth-order valence-electron chi connectivity index (χ4n) is 4.70. The number of amides is 2. The van der Waals surface area contributed by atoms with Crippen LogP contribution in [0.15, 0.2) is 18.3 Å². The Morgan fingerprint density at radius 1 is 1.19 bits per heavy atom. The molecule has 9 nitrogen and oxygen atoms in total. The van der Waals surface area contributed by atoms with E-state index in [4.69, 9.17) is 9.47 Å². The number of aromatic amines is 1. The molecule has 190 valence electrons. The SMILES string of the molecule is CC(=O)Nc1nc(OC(C)C)c2c(-c3cc4c(c(OC(F)F)c3)C(=O)N([C@@H](C)C3CC3)C4)c[nH]c2n1. The van der Waals surface area contributed by atoms with Crippen LogP contribution in [0.1, 0.15) is 56.5 Å². The lowest BCUT2D eigenvalue weighted by Gasteiger charge is -2.24. The predicted octanol–water partition coefficient (Wildman–Crippen LogP) is 4.73. The molecular formula is C25H27F2N5O4. The van der Waals surface area contributed by atoms with E-state index in [1.807, 2.05) is 26.8 Å². The largest absolute Gasteiger partial charge is 0.474 e. The zero-order valence-corrected chi connectivity index (χ0v) is 20.4. The summed E-state index contributed by atoms with van der Waals surface area (Å²) in [6.45, 7) is 4.25. The van der Waals surface area contributed by atoms with Gasteiger partial charge in [0, 0.05) is 31.3 Å². The summed E-state index contributed by atoms with van der Waals surface area (Å²) in [5.74, 6) is -0.0563. The summed E-state index contributed by atoms with van der Waals surface area (Å²) in [5, 5.41) is 3.07. The second kappa shape index (κ2) is 9.03. The van der Waals surface area contributed by atoms with Crippen molar-refractivity contribution in [3.8, 4) is 22.8 Å². The maximum absolute atomic E-state index is 13.4. The van der Waals surface area contributed by atoms with Crippen LogP contribution in [0, 0.1) is 5.92 Å². The molecule has 3 aromatic rings. The van der Waals surface area contributed by atoms with E-state index in [9.17, 15) is 18.4 Å². The highest BCUT2D eigenvalue weighted by molar-refractivity contribution is 6.04. The molecule has 0 unspecified atom stereocenters. The number of nitrogens with one attached hydrogen (secondary N) is 2. The van der Waals surface area contributed by atoms with Crippen LogP contribution < -0.4 is 14.8 Å². The number of halogens is 2. The highest BCUT2D eigenvalue weighted by Crippen LogP contribution is 2.43. The van der Waals surface area contributed by atoms with Crippen LogP contribution in [0.4, 0.5) is 14.7 Å². The number of hydrogen-bond donors (Lipinski definition) is 2. The lowest BCUT2D eigenvalue weighted by molar-refractivity contribution is -0.114. The number of hydrogen-bond acceptors (Lipinski definition) is 6. The Bertz CT molecular complexity index is 1350. The third-order valence-corrected chi connectivity index (χ3v) is 6.46. The molecule has 0 saturated heterocycles. The fraction of sp³-hybridized carbons (Fsp3) is 0.440. The van der Waals surface area contributed by atoms with E-state index in [2.05, 4.69) is 20.3 Å². The van der Waals surface area contributed by atoms with Gasteiger partial charge in [0.25, 0.3) is 5.91 Å². The summed E-state index contributed by atoms with van der Waals surface area (Å²) in [4.78, 5) is 38.2. The lowest BCUT2D eigenvalue weighted by atomic mass is 9.99. The number of carbonyl (C=O) groups excluding carboxylic acids is 2. The van der Waals surface area contributed by atoms with E-state index < -0.39 is 6.61 Å². The van der Waals surface area contributed by atoms with Crippen molar-refractivity contribution < 1.29 is 27.8 Å². The molecule has 5 rings (SSSR count). The van der Waals surface area contributed by atoms with Crippen molar-refractivity contribution in [2.45, 2.75) is 65.8 Å². The number of ether oxygens (including phenoxy) is 2. The van der Waals surface area contributed by atoms with Crippen molar-refractivity contribution in [3.05, 3.63) is 29.5 Å². The van der Waals surface area contributed by atoms with Gasteiger partial charge in [0.05, 0.1) is 17.1 Å². The molecule has 2 N–H and O–H groups in total. The smallest absolute Gasteiger partial charge is 0.387 e. The molecular weight excluding hydrogens is 472 g/mol. The van der Waals surface area contributed by atoms with Gasteiger partial charge in [-0.05, 0) is 62.8 Å². The van der Waals surface area contributed by atoms with E-state index >= 15 is 0 Å². The lowest BCUT2D eigenvalue weighted by Crippen LogP contribution is -2.34. The zero-order chi connectivity index (χ0) is 25.7. The van der Waals surface area contributed by atoms with Gasteiger partial charge in [-0.25, -0.2) is 0 Å². The molecule has 1 aliphatic heterocycles. The molecule has 2 aliphatic rings. The third kappa shape index (κ3) is 4.45. The molecule has 0 spiro atoms. The first-order valence-electron chi connectivity index (χ1n) is 11.9. The Morgan fingerprint density at radius 2 is 1.94 bits per heavy atom. The second-order valence-corrected chi connectivity index (χ2v) is 9.52. The van der Waals surface area contributed by atoms with Gasteiger partial charge < -0.3 is 19.4 Å². The Morgan fingerprint density at radius 3 is 2.58 bits per heavy atom. The van der Waals surface area contributed by atoms with Crippen molar-refractivity contribution in [2.24, 2.45) is 5.92 Å². The molecule has 36 heavy (non-hydrogen) atoms. The molecule has 11 heteroatoms. The van der Waals surface area contributed by atoms with Crippen LogP contribution in [0.2, 0.25) is 0 Å². The normalized spacial score (nSPS) is 16.1. The summed E-state index contributed by atoms with van der Waals surface area (Å²) >= 11 is 0. The summed E-state index contributed by atoms with van der Waals surface area (Å²) < 4.78 is 37.5. The second-order valence-electron chi connectivity index (χ2n) is 9.52. The van der Waals surface area contributed by atoms with Gasteiger partial charge in [-0.2, -0.15) is 18.7 Å². The average molecular weight is 500 g/mol. The molecule has 0 radical (unpaired) electrons. The van der Waals surface area contributed by atoms with Crippen molar-refractivity contribution >= 4 is 28.8 Å². The maximum atomic E-state index is 13.4. The minimum atomic E-state index is -3.08. The summed E-state index contributed by atoms with van der Waals surface area (Å²) in [6, 6.07) is 3.28. The molecule has 0 bridgehead atoms. The van der Waals surface area contributed by atoms with Crippen LogP contribution >= 0.6 is 0 Å². The van der Waals surface area contributed by atoms with Crippen LogP contribution in [0.25, 0.3) is 22.2 Å². The van der Waals surface area contributed by atoms with Crippen molar-refractivity contribution in [3.63, 3.8) is 0 Å². The molecule has 1 atom stereocenters. The summed E-state index contributed by atoms with van der Waals surface area (Å²) in [6.07, 6.45) is 3.55. The molecule has 3 heterocycles. The van der Waals surface area contributed by atoms with Crippen LogP contribution in [-0.2, 0) is 11.3 Å². The molecule has 2 aromatic heterocycles. The van der Waals surface area contributed by atoms with E-state index in [1.54, 1.807) is 11.1 Å². The van der Waals surface area contributed by atoms with E-state index in [0.717, 1.165) is 12.8 Å². The fourth-order valence-corrected chi connectivity index (χ4v) is 4.70. The number of nitrogens with zero attached hydrogens (tertiary/aromatic N) is 3. The van der Waals surface area contributed by atoms with Crippen LogP contribution in [0.5, 0.6) is 11.6 Å². The van der Waals surface area contributed by atoms with Gasteiger partial charge in [-0.1, -0.05) is 0 Å². The number of fused-ring (bicyclic) bond motifs is 2. The number of H-pyrrole nitrogens is 1. The van der Waals surface area contributed by atoms with E-state index in [-0.39, 0.29) is 47.1 Å². The number of alkyl halides is 2. The number of carbonyl (C=O) groups is 2. The Kier molecular flexibility index (Phi) is 6.01. The number of rotatable bonds is 8. The molecule has 2 amide bonds. The minimum Gasteiger partial charge on any atom is -0.474 e. The van der Waals surface area contributed by atoms with Gasteiger partial charge in [0.15, 0.2) is 0 Å². The monoisotopic (exact) mass is 499 g/mol. The topological polar surface area (TPSA) is 109 Å². The number of aromatic nitrogens is 3. The molecule has 1 aliphatic carbocycles. The van der Waals surface area contributed by atoms with Gasteiger partial charge in [-0.15, -0.1) is 0 Å². The molecule has 1 aromatic carbocycles. The van der Waals surface area contributed by atoms with E-state index in [0.29, 0.717) is 40.2 Å². The molecule has 1 fully saturated rings. The first kappa shape index (κ1) is 24.0. The first-order valence-corrected chi connectivity index (χ1v) is 11.9. The minimum absolute atomic E-state index is 0.0208. The van der Waals surface area contributed by atoms with Crippen molar-refractivity contribution in [1.29, 1.82) is 0 Å². The highest BCUT2D eigenvalue weighted by atomic mass is 19.3. The number of benzene rings is 1. The Labute approximate surface area is 206 Å². The predicted molar refractivity (Wildman–Crippen MR) is 128 cm³/mol. The number of anilines is 1. The summed E-state index contributed by atoms with van der Waals surface area (Å²) in [5.41, 5.74) is 2.34. The standard InChI is InChI=1S/C25H27F2N5O4/c1-11(2)35-22-20-17(9-28-21(20)30-25(31-22)29-13(4)33)15-7-16-10-32(12(3)14-5-6-14)23(34)19(16)18(8-15)36-24(26)27/h7-9,11-12,14,24H,5-6,10H2,1-4H3,(H2,28,29,30,31,33)/t12-/m0/s1. The van der Waals surface area contributed by atoms with Gasteiger partial charge in [0.2, 0.25) is 17.7 Å². The van der Waals surface area contributed by atoms with Gasteiger partial charge in [0.1, 0.15) is 11.4 Å². The summed E-state index contributed by atoms with van der Waals surface area (Å²) in [7, 11) is 0. The average Bonchev–Trinajstić information content (AvgIpc) is 3.45. The maximum Gasteiger partial charge on any atom is 0.387 e. The van der Waals surface area contributed by atoms with Crippen LogP contribution in [-0.4, -0.2) is 50.4 Å². The van der Waals surface area contributed by atoms with E-state index in [1.165, 1.54) is 13.0 Å². The first-order chi connectivity index (χ1) is 17.1. The third-order valence-electron chi connectivity index (χ3n) is 6.46. The zero-order valence-electron chi connectivity index (χ0n) is 20.4. The molecule has 1 saturated carbocycles. The van der Waals surface area contributed by atoms with Crippen molar-refractivity contribution in [1.82, 2.24) is 19.9 Å². The van der Waals surface area contributed by atoms with Gasteiger partial charge in [-0.3, -0.25) is 14.9 Å². The van der Waals surface area contributed by atoms with Crippen molar-refractivity contribution in [2.75, 3.05) is 5.32 Å². The Balaban J connectivity index is 1.63. The quantitative estimate of drug-likeness (QED) is 0.464. The van der Waals surface area contributed by atoms with Crippen LogP contribution in [0.3, 0.4) is 0 Å². The van der Waals surface area contributed by atoms with Gasteiger partial charge >= 0.3 is 6.61 Å².